The lowest BCUT2D eigenvalue weighted by Gasteiger charge is -2.16. The first kappa shape index (κ1) is 23.3. The molecule has 0 aliphatic heterocycles. The molecule has 0 saturated heterocycles. The Kier molecular flexibility index (Phi) is 7.40. The zero-order valence-corrected chi connectivity index (χ0v) is 20.1. The van der Waals surface area contributed by atoms with Gasteiger partial charge in [0.1, 0.15) is 17.2 Å². The molecule has 1 atom stereocenters. The monoisotopic (exact) mass is 514 g/mol. The zero-order chi connectivity index (χ0) is 23.9. The van der Waals surface area contributed by atoms with E-state index in [0.29, 0.717) is 17.1 Å². The van der Waals surface area contributed by atoms with Crippen LogP contribution in [0.15, 0.2) is 112 Å². The van der Waals surface area contributed by atoms with Crippen molar-refractivity contribution in [3.63, 3.8) is 0 Å². The molecule has 0 bridgehead atoms. The van der Waals surface area contributed by atoms with Crippen LogP contribution in [0.25, 0.3) is 17.4 Å². The Labute approximate surface area is 206 Å². The van der Waals surface area contributed by atoms with Crippen LogP contribution in [0.1, 0.15) is 34.6 Å². The Hall–Kier alpha value is -3.90. The normalized spacial score (nSPS) is 12.1. The number of halogens is 1. The average molecular weight is 515 g/mol. The van der Waals surface area contributed by atoms with Gasteiger partial charge in [0.25, 0.3) is 11.8 Å². The molecule has 0 fully saturated rings. The van der Waals surface area contributed by atoms with Gasteiger partial charge in [-0.2, -0.15) is 0 Å². The maximum atomic E-state index is 13.2. The molecule has 0 saturated carbocycles. The third-order valence-corrected chi connectivity index (χ3v) is 5.75. The highest BCUT2D eigenvalue weighted by molar-refractivity contribution is 9.10. The Bertz CT molecular complexity index is 1300. The van der Waals surface area contributed by atoms with Crippen LogP contribution in [0.2, 0.25) is 0 Å². The highest BCUT2D eigenvalue weighted by Crippen LogP contribution is 2.25. The van der Waals surface area contributed by atoms with Crippen LogP contribution < -0.4 is 10.6 Å². The van der Waals surface area contributed by atoms with E-state index in [1.165, 1.54) is 6.08 Å². The van der Waals surface area contributed by atoms with Gasteiger partial charge in [0.05, 0.1) is 6.04 Å². The molecule has 4 rings (SSSR count). The standard InChI is InChI=1S/C28H23BrN2O3/c1-19(20-8-4-2-5-9-20)30-28(33)25(31-27(32)22-10-6-3-7-11-22)18-24-16-17-26(34-24)21-12-14-23(29)15-13-21/h2-19H,1H3,(H,30,33)(H,31,32)/b25-18+/t19-/m1/s1. The van der Waals surface area contributed by atoms with Gasteiger partial charge < -0.3 is 15.1 Å². The summed E-state index contributed by atoms with van der Waals surface area (Å²) in [6.07, 6.45) is 1.54. The molecule has 0 aliphatic rings. The van der Waals surface area contributed by atoms with Gasteiger partial charge in [0, 0.05) is 21.7 Å². The van der Waals surface area contributed by atoms with E-state index in [4.69, 9.17) is 4.42 Å². The van der Waals surface area contributed by atoms with Crippen LogP contribution >= 0.6 is 15.9 Å². The van der Waals surface area contributed by atoms with Gasteiger partial charge in [-0.3, -0.25) is 9.59 Å². The maximum absolute atomic E-state index is 13.2. The summed E-state index contributed by atoms with van der Waals surface area (Å²) >= 11 is 3.43. The molecular weight excluding hydrogens is 492 g/mol. The number of carbonyl (C=O) groups excluding carboxylic acids is 2. The van der Waals surface area contributed by atoms with Crippen molar-refractivity contribution in [3.05, 3.63) is 124 Å². The zero-order valence-electron chi connectivity index (χ0n) is 18.5. The summed E-state index contributed by atoms with van der Waals surface area (Å²) in [4.78, 5) is 26.0. The fourth-order valence-electron chi connectivity index (χ4n) is 3.38. The summed E-state index contributed by atoms with van der Waals surface area (Å²) in [6.45, 7) is 1.89. The molecule has 4 aromatic rings. The van der Waals surface area contributed by atoms with E-state index >= 15 is 0 Å². The van der Waals surface area contributed by atoms with Crippen molar-refractivity contribution in [1.29, 1.82) is 0 Å². The molecule has 0 aliphatic carbocycles. The molecule has 170 valence electrons. The van der Waals surface area contributed by atoms with Crippen molar-refractivity contribution in [2.75, 3.05) is 0 Å². The predicted octanol–water partition coefficient (Wildman–Crippen LogP) is 6.36. The Morgan fingerprint density at radius 2 is 1.50 bits per heavy atom. The minimum Gasteiger partial charge on any atom is -0.457 e. The van der Waals surface area contributed by atoms with Crippen LogP contribution in [0.3, 0.4) is 0 Å². The smallest absolute Gasteiger partial charge is 0.268 e. The molecule has 5 nitrogen and oxygen atoms in total. The van der Waals surface area contributed by atoms with Crippen LogP contribution in [0.4, 0.5) is 0 Å². The number of benzene rings is 3. The fraction of sp³-hybridized carbons (Fsp3) is 0.0714. The molecule has 0 unspecified atom stereocenters. The van der Waals surface area contributed by atoms with Gasteiger partial charge in [0.15, 0.2) is 0 Å². The van der Waals surface area contributed by atoms with E-state index in [9.17, 15) is 9.59 Å². The second-order valence-corrected chi connectivity index (χ2v) is 8.61. The third-order valence-electron chi connectivity index (χ3n) is 5.22. The average Bonchev–Trinajstić information content (AvgIpc) is 3.33. The van der Waals surface area contributed by atoms with Gasteiger partial charge in [-0.05, 0) is 48.9 Å². The first-order chi connectivity index (χ1) is 16.5. The largest absolute Gasteiger partial charge is 0.457 e. The second-order valence-electron chi connectivity index (χ2n) is 7.69. The molecule has 1 heterocycles. The fourth-order valence-corrected chi connectivity index (χ4v) is 3.65. The lowest BCUT2D eigenvalue weighted by molar-refractivity contribution is -0.118. The van der Waals surface area contributed by atoms with Crippen molar-refractivity contribution in [2.24, 2.45) is 0 Å². The first-order valence-electron chi connectivity index (χ1n) is 10.8. The molecule has 3 aromatic carbocycles. The summed E-state index contributed by atoms with van der Waals surface area (Å²) in [5, 5.41) is 5.69. The Balaban J connectivity index is 1.60. The lowest BCUT2D eigenvalue weighted by atomic mass is 10.1. The number of rotatable bonds is 7. The SMILES string of the molecule is C[C@@H](NC(=O)/C(=C\c1ccc(-c2ccc(Br)cc2)o1)NC(=O)c1ccccc1)c1ccccc1. The maximum Gasteiger partial charge on any atom is 0.268 e. The number of hydrogen-bond acceptors (Lipinski definition) is 3. The summed E-state index contributed by atoms with van der Waals surface area (Å²) < 4.78 is 6.91. The number of amides is 2. The molecule has 6 heteroatoms. The highest BCUT2D eigenvalue weighted by atomic mass is 79.9. The number of hydrogen-bond donors (Lipinski definition) is 2. The minimum atomic E-state index is -0.415. The van der Waals surface area contributed by atoms with Crippen LogP contribution in [0.5, 0.6) is 0 Å². The predicted molar refractivity (Wildman–Crippen MR) is 137 cm³/mol. The number of carbonyl (C=O) groups is 2. The quantitative estimate of drug-likeness (QED) is 0.282. The van der Waals surface area contributed by atoms with Gasteiger partial charge in [-0.15, -0.1) is 0 Å². The van der Waals surface area contributed by atoms with E-state index in [1.54, 1.807) is 30.3 Å². The number of furan rings is 1. The molecule has 0 spiro atoms. The topological polar surface area (TPSA) is 71.3 Å². The highest BCUT2D eigenvalue weighted by Gasteiger charge is 2.18. The van der Waals surface area contributed by atoms with Crippen LogP contribution in [0, 0.1) is 0 Å². The van der Waals surface area contributed by atoms with Gasteiger partial charge in [-0.1, -0.05) is 76.6 Å². The van der Waals surface area contributed by atoms with Gasteiger partial charge in [0.2, 0.25) is 0 Å². The summed E-state index contributed by atoms with van der Waals surface area (Å²) in [7, 11) is 0. The second kappa shape index (κ2) is 10.8. The van der Waals surface area contributed by atoms with E-state index in [-0.39, 0.29) is 17.6 Å². The summed E-state index contributed by atoms with van der Waals surface area (Å²) in [5.41, 5.74) is 2.40. The molecule has 2 N–H and O–H groups in total. The van der Waals surface area contributed by atoms with E-state index in [1.807, 2.05) is 73.7 Å². The third kappa shape index (κ3) is 5.91. The Morgan fingerprint density at radius 3 is 2.18 bits per heavy atom. The van der Waals surface area contributed by atoms with E-state index in [2.05, 4.69) is 26.6 Å². The summed E-state index contributed by atoms with van der Waals surface area (Å²) in [5.74, 6) is 0.311. The lowest BCUT2D eigenvalue weighted by Crippen LogP contribution is -2.36. The van der Waals surface area contributed by atoms with Gasteiger partial charge in [-0.25, -0.2) is 0 Å². The minimum absolute atomic E-state index is 0.0911. The summed E-state index contributed by atoms with van der Waals surface area (Å²) in [6, 6.07) is 29.4. The van der Waals surface area contributed by atoms with Crippen LogP contribution in [-0.4, -0.2) is 11.8 Å². The van der Waals surface area contributed by atoms with Gasteiger partial charge >= 0.3 is 0 Å². The molecule has 1 aromatic heterocycles. The molecule has 34 heavy (non-hydrogen) atoms. The molecule has 0 radical (unpaired) electrons. The van der Waals surface area contributed by atoms with Crippen molar-refractivity contribution < 1.29 is 14.0 Å². The molecular formula is C28H23BrN2O3. The molecule has 2 amide bonds. The Morgan fingerprint density at radius 1 is 0.853 bits per heavy atom. The van der Waals surface area contributed by atoms with Crippen molar-refractivity contribution in [2.45, 2.75) is 13.0 Å². The van der Waals surface area contributed by atoms with E-state index < -0.39 is 5.91 Å². The van der Waals surface area contributed by atoms with E-state index in [0.717, 1.165) is 15.6 Å². The van der Waals surface area contributed by atoms with Crippen LogP contribution in [-0.2, 0) is 4.79 Å². The number of nitrogens with one attached hydrogen (secondary N) is 2. The first-order valence-corrected chi connectivity index (χ1v) is 11.6. The van der Waals surface area contributed by atoms with Crippen molar-refractivity contribution >= 4 is 33.8 Å². The van der Waals surface area contributed by atoms with Crippen molar-refractivity contribution in [3.8, 4) is 11.3 Å². The van der Waals surface area contributed by atoms with Crippen molar-refractivity contribution in [1.82, 2.24) is 10.6 Å².